The predicted molar refractivity (Wildman–Crippen MR) is 83.9 cm³/mol. The molecule has 3 N–H and O–H groups in total. The molecule has 0 aliphatic carbocycles. The van der Waals surface area contributed by atoms with Crippen LogP contribution in [0.25, 0.3) is 0 Å². The van der Waals surface area contributed by atoms with Crippen molar-refractivity contribution in [3.63, 3.8) is 0 Å². The van der Waals surface area contributed by atoms with Crippen LogP contribution in [0.5, 0.6) is 0 Å². The summed E-state index contributed by atoms with van der Waals surface area (Å²) in [4.78, 5) is 11.7. The first kappa shape index (κ1) is 17.7. The minimum Gasteiger partial charge on any atom is -0.338 e. The van der Waals surface area contributed by atoms with E-state index < -0.39 is 10.0 Å². The van der Waals surface area contributed by atoms with Gasteiger partial charge in [-0.15, -0.1) is 0 Å². The Morgan fingerprint density at radius 1 is 1.33 bits per heavy atom. The van der Waals surface area contributed by atoms with Crippen LogP contribution in [0, 0.1) is 0 Å². The zero-order chi connectivity index (χ0) is 15.9. The largest absolute Gasteiger partial charge is 0.338 e. The smallest absolute Gasteiger partial charge is 0.315 e. The zero-order valence-electron chi connectivity index (χ0n) is 12.0. The van der Waals surface area contributed by atoms with Gasteiger partial charge in [0, 0.05) is 18.1 Å². The van der Waals surface area contributed by atoms with Crippen molar-refractivity contribution < 1.29 is 13.2 Å². The molecule has 0 unspecified atom stereocenters. The molecule has 118 valence electrons. The lowest BCUT2D eigenvalue weighted by Crippen LogP contribution is -2.38. The lowest BCUT2D eigenvalue weighted by Gasteiger charge is -2.15. The van der Waals surface area contributed by atoms with Crippen LogP contribution in [-0.4, -0.2) is 33.8 Å². The Kier molecular flexibility index (Phi) is 6.94. The van der Waals surface area contributed by atoms with Gasteiger partial charge in [-0.3, -0.25) is 0 Å². The van der Waals surface area contributed by atoms with E-state index in [9.17, 15) is 13.2 Å². The summed E-state index contributed by atoms with van der Waals surface area (Å²) in [5, 5.41) is 6.07. The molecule has 0 radical (unpaired) electrons. The van der Waals surface area contributed by atoms with E-state index in [1.165, 1.54) is 0 Å². The van der Waals surface area contributed by atoms with E-state index in [1.54, 1.807) is 12.1 Å². The number of benzene rings is 1. The topological polar surface area (TPSA) is 87.3 Å². The molecular weight excluding hydrogens is 314 g/mol. The third-order valence-corrected chi connectivity index (χ3v) is 3.66. The van der Waals surface area contributed by atoms with Crippen molar-refractivity contribution in [2.45, 2.75) is 19.4 Å². The van der Waals surface area contributed by atoms with E-state index in [-0.39, 0.29) is 12.1 Å². The summed E-state index contributed by atoms with van der Waals surface area (Å²) in [6.45, 7) is 2.54. The Hall–Kier alpha value is -1.31. The Morgan fingerprint density at radius 2 is 2.05 bits per heavy atom. The number of hydrogen-bond acceptors (Lipinski definition) is 3. The molecule has 0 fully saturated rings. The monoisotopic (exact) mass is 333 g/mol. The van der Waals surface area contributed by atoms with Gasteiger partial charge < -0.3 is 10.6 Å². The number of carbonyl (C=O) groups excluding carboxylic acids is 1. The number of hydrogen-bond donors (Lipinski definition) is 3. The maximum atomic E-state index is 11.7. The molecule has 1 rings (SSSR count). The first-order valence-electron chi connectivity index (χ1n) is 6.52. The molecular formula is C13H20ClN3O3S. The number of rotatable bonds is 7. The van der Waals surface area contributed by atoms with Gasteiger partial charge in [-0.05, 0) is 31.0 Å². The molecule has 0 aromatic heterocycles. The minimum absolute atomic E-state index is 0.169. The fraction of sp³-hybridized carbons (Fsp3) is 0.462. The predicted octanol–water partition coefficient (Wildman–Crippen LogP) is 1.64. The number of urea groups is 1. The van der Waals surface area contributed by atoms with Crippen LogP contribution < -0.4 is 15.4 Å². The number of amides is 2. The summed E-state index contributed by atoms with van der Waals surface area (Å²) in [7, 11) is -3.17. The molecule has 0 bridgehead atoms. The van der Waals surface area contributed by atoms with Gasteiger partial charge in [0.25, 0.3) is 0 Å². The van der Waals surface area contributed by atoms with Crippen molar-refractivity contribution >= 4 is 27.7 Å². The molecule has 0 heterocycles. The summed E-state index contributed by atoms with van der Waals surface area (Å²) in [6, 6.07) is 6.80. The van der Waals surface area contributed by atoms with Crippen LogP contribution in [-0.2, 0) is 10.0 Å². The summed E-state index contributed by atoms with van der Waals surface area (Å²) in [6.07, 6.45) is 1.62. The van der Waals surface area contributed by atoms with Gasteiger partial charge in [-0.1, -0.05) is 23.7 Å². The quantitative estimate of drug-likeness (QED) is 0.663. The second-order valence-corrected chi connectivity index (χ2v) is 6.97. The van der Waals surface area contributed by atoms with Gasteiger partial charge in [0.05, 0.1) is 12.3 Å². The second kappa shape index (κ2) is 8.21. The maximum absolute atomic E-state index is 11.7. The highest BCUT2D eigenvalue weighted by Gasteiger charge is 2.09. The molecule has 0 aliphatic heterocycles. The lowest BCUT2D eigenvalue weighted by atomic mass is 10.1. The van der Waals surface area contributed by atoms with Gasteiger partial charge in [0.15, 0.2) is 0 Å². The highest BCUT2D eigenvalue weighted by atomic mass is 35.5. The third-order valence-electron chi connectivity index (χ3n) is 2.70. The number of halogens is 1. The Morgan fingerprint density at radius 3 is 2.67 bits per heavy atom. The van der Waals surface area contributed by atoms with E-state index in [4.69, 9.17) is 11.6 Å². The van der Waals surface area contributed by atoms with Crippen molar-refractivity contribution in [3.05, 3.63) is 34.9 Å². The Labute approximate surface area is 130 Å². The fourth-order valence-corrected chi connectivity index (χ4v) is 2.37. The molecule has 0 aliphatic rings. The minimum atomic E-state index is -3.17. The standard InChI is InChI=1S/C13H20ClN3O3S/c1-10(11-5-3-6-12(14)9-11)17-13(18)15-7-4-8-16-21(2,19)20/h3,5-6,9-10,16H,4,7-8H2,1-2H3,(H2,15,17,18)/t10-/m0/s1. The molecule has 1 aromatic carbocycles. The Balaban J connectivity index is 2.27. The first-order chi connectivity index (χ1) is 9.78. The summed E-state index contributed by atoms with van der Waals surface area (Å²) in [5.41, 5.74) is 0.913. The summed E-state index contributed by atoms with van der Waals surface area (Å²) in [5.74, 6) is 0. The zero-order valence-corrected chi connectivity index (χ0v) is 13.6. The average molecular weight is 334 g/mol. The molecule has 1 atom stereocenters. The molecule has 8 heteroatoms. The van der Waals surface area contributed by atoms with E-state index in [0.717, 1.165) is 11.8 Å². The van der Waals surface area contributed by atoms with Crippen molar-refractivity contribution in [1.29, 1.82) is 0 Å². The SMILES string of the molecule is C[C@H](NC(=O)NCCCNS(C)(=O)=O)c1cccc(Cl)c1. The van der Waals surface area contributed by atoms with Crippen LogP contribution in [0.4, 0.5) is 4.79 Å². The average Bonchev–Trinajstić information content (AvgIpc) is 2.36. The summed E-state index contributed by atoms with van der Waals surface area (Å²) < 4.78 is 24.0. The number of nitrogens with one attached hydrogen (secondary N) is 3. The van der Waals surface area contributed by atoms with Gasteiger partial charge in [0.1, 0.15) is 0 Å². The van der Waals surface area contributed by atoms with Crippen LogP contribution in [0.15, 0.2) is 24.3 Å². The first-order valence-corrected chi connectivity index (χ1v) is 8.79. The maximum Gasteiger partial charge on any atom is 0.315 e. The molecule has 0 saturated carbocycles. The Bertz CT molecular complexity index is 578. The van der Waals surface area contributed by atoms with Crippen LogP contribution in [0.1, 0.15) is 24.9 Å². The van der Waals surface area contributed by atoms with E-state index in [2.05, 4.69) is 15.4 Å². The molecule has 2 amide bonds. The highest BCUT2D eigenvalue weighted by Crippen LogP contribution is 2.16. The molecule has 21 heavy (non-hydrogen) atoms. The van der Waals surface area contributed by atoms with Crippen LogP contribution in [0.2, 0.25) is 5.02 Å². The molecule has 1 aromatic rings. The second-order valence-electron chi connectivity index (χ2n) is 4.70. The van der Waals surface area contributed by atoms with Crippen molar-refractivity contribution in [2.24, 2.45) is 0 Å². The lowest BCUT2D eigenvalue weighted by molar-refractivity contribution is 0.238. The van der Waals surface area contributed by atoms with Crippen molar-refractivity contribution in [1.82, 2.24) is 15.4 Å². The number of sulfonamides is 1. The van der Waals surface area contributed by atoms with Crippen LogP contribution >= 0.6 is 11.6 Å². The van der Waals surface area contributed by atoms with E-state index in [1.807, 2.05) is 19.1 Å². The fourth-order valence-electron chi connectivity index (χ4n) is 1.65. The van der Waals surface area contributed by atoms with Crippen LogP contribution in [0.3, 0.4) is 0 Å². The highest BCUT2D eigenvalue weighted by molar-refractivity contribution is 7.88. The van der Waals surface area contributed by atoms with Gasteiger partial charge in [0.2, 0.25) is 10.0 Å². The summed E-state index contributed by atoms with van der Waals surface area (Å²) >= 11 is 5.90. The van der Waals surface area contributed by atoms with Crippen molar-refractivity contribution in [2.75, 3.05) is 19.3 Å². The molecule has 6 nitrogen and oxygen atoms in total. The normalized spacial score (nSPS) is 12.7. The molecule has 0 saturated heterocycles. The van der Waals surface area contributed by atoms with Gasteiger partial charge in [-0.25, -0.2) is 17.9 Å². The van der Waals surface area contributed by atoms with E-state index in [0.29, 0.717) is 24.5 Å². The van der Waals surface area contributed by atoms with Gasteiger partial charge >= 0.3 is 6.03 Å². The molecule has 0 spiro atoms. The number of carbonyl (C=O) groups is 1. The van der Waals surface area contributed by atoms with Crippen molar-refractivity contribution in [3.8, 4) is 0 Å². The van der Waals surface area contributed by atoms with E-state index >= 15 is 0 Å². The third kappa shape index (κ3) is 7.89. The van der Waals surface area contributed by atoms with Gasteiger partial charge in [-0.2, -0.15) is 0 Å².